The van der Waals surface area contributed by atoms with Gasteiger partial charge in [0.25, 0.3) is 0 Å². The molecule has 0 atom stereocenters. The van der Waals surface area contributed by atoms with Gasteiger partial charge in [0.15, 0.2) is 11.6 Å². The maximum absolute atomic E-state index is 16.0. The van der Waals surface area contributed by atoms with Gasteiger partial charge in [0, 0.05) is 23.9 Å². The molecule has 0 bridgehead atoms. The normalized spacial score (nSPS) is 13.5. The minimum absolute atomic E-state index is 0.0462. The average molecular weight is 494 g/mol. The van der Waals surface area contributed by atoms with E-state index in [0.717, 1.165) is 29.7 Å². The van der Waals surface area contributed by atoms with Gasteiger partial charge in [-0.25, -0.2) is 14.4 Å². The first-order valence-electron chi connectivity index (χ1n) is 11.8. The summed E-state index contributed by atoms with van der Waals surface area (Å²) in [5, 5.41) is 10.3. The molecule has 1 aliphatic rings. The van der Waals surface area contributed by atoms with Crippen molar-refractivity contribution in [2.75, 3.05) is 5.32 Å². The predicted molar refractivity (Wildman–Crippen MR) is 135 cm³/mol. The van der Waals surface area contributed by atoms with Crippen molar-refractivity contribution in [3.63, 3.8) is 0 Å². The van der Waals surface area contributed by atoms with Gasteiger partial charge in [-0.3, -0.25) is 19.9 Å². The zero-order valence-electron chi connectivity index (χ0n) is 19.7. The van der Waals surface area contributed by atoms with Gasteiger partial charge in [0.05, 0.1) is 52.2 Å². The van der Waals surface area contributed by atoms with Crippen LogP contribution in [0.4, 0.5) is 10.1 Å². The summed E-state index contributed by atoms with van der Waals surface area (Å²) in [5.74, 6) is -0.134. The summed E-state index contributed by atoms with van der Waals surface area (Å²) in [7, 11) is 0. The van der Waals surface area contributed by atoms with Crippen molar-refractivity contribution in [2.24, 2.45) is 5.92 Å². The van der Waals surface area contributed by atoms with Crippen LogP contribution in [0.3, 0.4) is 0 Å². The molecule has 0 radical (unpaired) electrons. The number of aryl methyl sites for hydroxylation is 1. The number of carbonyl (C=O) groups excluding carboxylic acids is 1. The maximum Gasteiger partial charge on any atom is 0.227 e. The molecular formula is C26H20FN9O. The number of hydrogen-bond donors (Lipinski definition) is 3. The summed E-state index contributed by atoms with van der Waals surface area (Å²) in [4.78, 5) is 33.0. The van der Waals surface area contributed by atoms with E-state index in [0.29, 0.717) is 33.8 Å². The van der Waals surface area contributed by atoms with Crippen molar-refractivity contribution in [3.8, 4) is 28.5 Å². The quantitative estimate of drug-likeness (QED) is 0.323. The predicted octanol–water partition coefficient (Wildman–Crippen LogP) is 4.54. The molecule has 1 aromatic carbocycles. The van der Waals surface area contributed by atoms with Crippen LogP contribution in [0.1, 0.15) is 18.5 Å². The highest BCUT2D eigenvalue weighted by molar-refractivity contribution is 5.97. The standard InChI is InChI=1S/C26H20FN9O/c1-13-11-36(12-30-13)19-4-2-3-17-23(19)33-25(32-17)24-20-18(34-35-24)10-29-22(21(20)27)15-7-16(9-28-8-15)31-26(37)14-5-6-14/h2-4,7-12,14H,5-6H2,1H3,(H,31,37)(H,32,33)(H,34,35). The molecule has 1 saturated carbocycles. The molecule has 37 heavy (non-hydrogen) atoms. The molecule has 11 heteroatoms. The number of pyridine rings is 2. The summed E-state index contributed by atoms with van der Waals surface area (Å²) < 4.78 is 17.9. The Hall–Kier alpha value is -4.93. The van der Waals surface area contributed by atoms with E-state index in [9.17, 15) is 4.79 Å². The van der Waals surface area contributed by atoms with Crippen molar-refractivity contribution in [3.05, 3.63) is 66.9 Å². The SMILES string of the molecule is Cc1cn(-c2cccc3[nH]c(-c4n[nH]c5cnc(-c6cncc(NC(=O)C7CC7)c6)c(F)c45)nc23)cn1. The third-order valence-electron chi connectivity index (χ3n) is 6.48. The Morgan fingerprint density at radius 1 is 1.14 bits per heavy atom. The number of benzene rings is 1. The van der Waals surface area contributed by atoms with Gasteiger partial charge in [0.2, 0.25) is 5.91 Å². The summed E-state index contributed by atoms with van der Waals surface area (Å²) in [6.45, 7) is 1.92. The molecule has 1 fully saturated rings. The maximum atomic E-state index is 16.0. The molecule has 6 aromatic rings. The van der Waals surface area contributed by atoms with Gasteiger partial charge in [-0.2, -0.15) is 5.10 Å². The zero-order valence-corrected chi connectivity index (χ0v) is 19.7. The third kappa shape index (κ3) is 3.63. The highest BCUT2D eigenvalue weighted by atomic mass is 19.1. The lowest BCUT2D eigenvalue weighted by atomic mass is 10.1. The average Bonchev–Trinajstić information content (AvgIpc) is 3.29. The molecule has 3 N–H and O–H groups in total. The molecule has 5 aromatic heterocycles. The van der Waals surface area contributed by atoms with Crippen LogP contribution in [0.5, 0.6) is 0 Å². The Morgan fingerprint density at radius 3 is 2.84 bits per heavy atom. The Bertz CT molecular complexity index is 1830. The summed E-state index contributed by atoms with van der Waals surface area (Å²) >= 11 is 0. The number of imidazole rings is 2. The fourth-order valence-electron chi connectivity index (χ4n) is 4.47. The fourth-order valence-corrected chi connectivity index (χ4v) is 4.47. The lowest BCUT2D eigenvalue weighted by molar-refractivity contribution is -0.117. The van der Waals surface area contributed by atoms with Crippen molar-refractivity contribution in [1.82, 2.24) is 39.7 Å². The van der Waals surface area contributed by atoms with E-state index in [1.54, 1.807) is 12.4 Å². The first kappa shape index (κ1) is 21.4. The number of rotatable bonds is 5. The first-order valence-corrected chi connectivity index (χ1v) is 11.8. The van der Waals surface area contributed by atoms with Crippen molar-refractivity contribution in [1.29, 1.82) is 0 Å². The van der Waals surface area contributed by atoms with Gasteiger partial charge in [-0.15, -0.1) is 0 Å². The lowest BCUT2D eigenvalue weighted by Gasteiger charge is -2.07. The van der Waals surface area contributed by atoms with E-state index in [4.69, 9.17) is 4.98 Å². The van der Waals surface area contributed by atoms with Gasteiger partial charge in [-0.05, 0) is 38.0 Å². The second-order valence-electron chi connectivity index (χ2n) is 9.19. The Morgan fingerprint density at radius 2 is 2.03 bits per heavy atom. The number of aromatic nitrogens is 8. The number of nitrogens with zero attached hydrogens (tertiary/aromatic N) is 6. The molecule has 0 spiro atoms. The Balaban J connectivity index is 1.32. The number of fused-ring (bicyclic) bond motifs is 2. The van der Waals surface area contributed by atoms with Crippen LogP contribution in [-0.2, 0) is 4.79 Å². The minimum atomic E-state index is -0.556. The third-order valence-corrected chi connectivity index (χ3v) is 6.48. The van der Waals surface area contributed by atoms with Crippen LogP contribution < -0.4 is 5.32 Å². The minimum Gasteiger partial charge on any atom is -0.336 e. The van der Waals surface area contributed by atoms with Crippen LogP contribution in [0.15, 0.2) is 55.4 Å². The molecule has 0 saturated heterocycles. The van der Waals surface area contributed by atoms with Crippen molar-refractivity contribution < 1.29 is 9.18 Å². The van der Waals surface area contributed by atoms with E-state index in [1.807, 2.05) is 35.9 Å². The molecular weight excluding hydrogens is 473 g/mol. The lowest BCUT2D eigenvalue weighted by Crippen LogP contribution is -2.13. The monoisotopic (exact) mass is 493 g/mol. The van der Waals surface area contributed by atoms with Crippen molar-refractivity contribution >= 4 is 33.5 Å². The van der Waals surface area contributed by atoms with Crippen LogP contribution in [0.2, 0.25) is 0 Å². The van der Waals surface area contributed by atoms with Gasteiger partial charge in [-0.1, -0.05) is 6.07 Å². The van der Waals surface area contributed by atoms with Crippen LogP contribution >= 0.6 is 0 Å². The molecule has 7 rings (SSSR count). The smallest absolute Gasteiger partial charge is 0.227 e. The van der Waals surface area contributed by atoms with E-state index in [-0.39, 0.29) is 22.9 Å². The van der Waals surface area contributed by atoms with E-state index >= 15 is 4.39 Å². The number of carbonyl (C=O) groups is 1. The number of nitrogens with one attached hydrogen (secondary N) is 3. The topological polar surface area (TPSA) is 130 Å². The van der Waals surface area contributed by atoms with Crippen LogP contribution in [-0.4, -0.2) is 45.6 Å². The number of hydrogen-bond acceptors (Lipinski definition) is 6. The van der Waals surface area contributed by atoms with Gasteiger partial charge >= 0.3 is 0 Å². The Labute approximate surface area is 209 Å². The fraction of sp³-hybridized carbons (Fsp3) is 0.154. The molecule has 182 valence electrons. The second-order valence-corrected chi connectivity index (χ2v) is 9.19. The molecule has 1 aliphatic carbocycles. The van der Waals surface area contributed by atoms with Gasteiger partial charge < -0.3 is 14.9 Å². The Kier molecular flexibility index (Phi) is 4.65. The largest absolute Gasteiger partial charge is 0.336 e. The van der Waals surface area contributed by atoms with Crippen LogP contribution in [0.25, 0.3) is 50.4 Å². The summed E-state index contributed by atoms with van der Waals surface area (Å²) in [6, 6.07) is 7.44. The highest BCUT2D eigenvalue weighted by Crippen LogP contribution is 2.34. The zero-order chi connectivity index (χ0) is 25.1. The summed E-state index contributed by atoms with van der Waals surface area (Å²) in [5.41, 5.74) is 5.07. The number of para-hydroxylation sites is 1. The number of H-pyrrole nitrogens is 2. The number of halogens is 1. The first-order chi connectivity index (χ1) is 18.0. The second kappa shape index (κ2) is 8.05. The van der Waals surface area contributed by atoms with E-state index in [2.05, 4.69) is 35.5 Å². The molecule has 0 aliphatic heterocycles. The highest BCUT2D eigenvalue weighted by Gasteiger charge is 2.29. The number of aromatic amines is 2. The molecule has 1 amide bonds. The number of anilines is 1. The van der Waals surface area contributed by atoms with Crippen LogP contribution in [0, 0.1) is 18.7 Å². The van der Waals surface area contributed by atoms with E-state index < -0.39 is 5.82 Å². The van der Waals surface area contributed by atoms with E-state index in [1.165, 1.54) is 18.6 Å². The van der Waals surface area contributed by atoms with Gasteiger partial charge in [0.1, 0.15) is 16.9 Å². The molecule has 0 unspecified atom stereocenters. The molecule has 10 nitrogen and oxygen atoms in total. The molecule has 5 heterocycles. The number of amides is 1. The summed E-state index contributed by atoms with van der Waals surface area (Å²) in [6.07, 6.45) is 10.0. The van der Waals surface area contributed by atoms with Crippen molar-refractivity contribution in [2.45, 2.75) is 19.8 Å².